The van der Waals surface area contributed by atoms with Gasteiger partial charge in [0.1, 0.15) is 12.4 Å². The summed E-state index contributed by atoms with van der Waals surface area (Å²) in [5, 5.41) is 6.56. The summed E-state index contributed by atoms with van der Waals surface area (Å²) >= 11 is 1.47. The van der Waals surface area contributed by atoms with E-state index in [9.17, 15) is 4.79 Å². The number of benzene rings is 1. The highest BCUT2D eigenvalue weighted by atomic mass is 32.1. The lowest BCUT2D eigenvalue weighted by atomic mass is 10.1. The number of aromatic nitrogens is 2. The van der Waals surface area contributed by atoms with E-state index in [2.05, 4.69) is 51.9 Å². The molecule has 5 nitrogen and oxygen atoms in total. The van der Waals surface area contributed by atoms with Crippen molar-refractivity contribution >= 4 is 17.2 Å². The molecule has 3 aromatic rings. The maximum absolute atomic E-state index is 12.9. The van der Waals surface area contributed by atoms with Crippen LogP contribution in [-0.2, 0) is 19.7 Å². The van der Waals surface area contributed by atoms with E-state index in [0.29, 0.717) is 13.2 Å². The molecule has 160 valence electrons. The zero-order chi connectivity index (χ0) is 22.0. The summed E-state index contributed by atoms with van der Waals surface area (Å²) < 4.78 is 8.06. The molecule has 0 unspecified atom stereocenters. The molecule has 0 fully saturated rings. The van der Waals surface area contributed by atoms with E-state index >= 15 is 0 Å². The predicted molar refractivity (Wildman–Crippen MR) is 122 cm³/mol. The molecule has 6 heteroatoms. The average Bonchev–Trinajstić information content (AvgIpc) is 3.26. The van der Waals surface area contributed by atoms with Gasteiger partial charge in [-0.15, -0.1) is 11.3 Å². The monoisotopic (exact) mass is 425 g/mol. The van der Waals surface area contributed by atoms with Crippen LogP contribution in [0, 0.1) is 34.6 Å². The minimum atomic E-state index is 0.0250. The molecule has 0 bridgehead atoms. The SMILES string of the molecule is CCn1nc(C)c(CN(C)C(=O)c2cc(COc3c(C)cc(C)cc3C)cs2)c1C. The Kier molecular flexibility index (Phi) is 6.66. The van der Waals surface area contributed by atoms with Crippen LogP contribution in [0.2, 0.25) is 0 Å². The third-order valence-corrected chi connectivity index (χ3v) is 6.39. The molecule has 0 saturated heterocycles. The van der Waals surface area contributed by atoms with E-state index in [1.54, 1.807) is 4.90 Å². The first-order valence-electron chi connectivity index (χ1n) is 10.3. The zero-order valence-electron chi connectivity index (χ0n) is 19.0. The van der Waals surface area contributed by atoms with Gasteiger partial charge in [0, 0.05) is 37.0 Å². The van der Waals surface area contributed by atoms with Crippen molar-refractivity contribution in [1.82, 2.24) is 14.7 Å². The van der Waals surface area contributed by atoms with Crippen molar-refractivity contribution in [2.45, 2.75) is 61.2 Å². The summed E-state index contributed by atoms with van der Waals surface area (Å²) in [7, 11) is 1.85. The summed E-state index contributed by atoms with van der Waals surface area (Å²) in [5.41, 5.74) is 7.75. The summed E-state index contributed by atoms with van der Waals surface area (Å²) in [5.74, 6) is 0.952. The third kappa shape index (κ3) is 4.59. The predicted octanol–water partition coefficient (Wildman–Crippen LogP) is 5.36. The zero-order valence-corrected chi connectivity index (χ0v) is 19.8. The van der Waals surface area contributed by atoms with Crippen LogP contribution in [0.4, 0.5) is 0 Å². The van der Waals surface area contributed by atoms with Crippen molar-refractivity contribution in [3.8, 4) is 5.75 Å². The number of carbonyl (C=O) groups excluding carboxylic acids is 1. The number of thiophene rings is 1. The lowest BCUT2D eigenvalue weighted by molar-refractivity contribution is 0.0789. The van der Waals surface area contributed by atoms with Crippen LogP contribution in [0.5, 0.6) is 5.75 Å². The highest BCUT2D eigenvalue weighted by Crippen LogP contribution is 2.27. The Labute approximate surface area is 183 Å². The summed E-state index contributed by atoms with van der Waals surface area (Å²) in [6.45, 7) is 14.2. The van der Waals surface area contributed by atoms with Crippen LogP contribution in [-0.4, -0.2) is 27.6 Å². The molecule has 0 saturated carbocycles. The van der Waals surface area contributed by atoms with Gasteiger partial charge < -0.3 is 9.64 Å². The van der Waals surface area contributed by atoms with Gasteiger partial charge in [-0.1, -0.05) is 17.7 Å². The van der Waals surface area contributed by atoms with Gasteiger partial charge in [-0.25, -0.2) is 0 Å². The summed E-state index contributed by atoms with van der Waals surface area (Å²) in [6, 6.07) is 6.20. The minimum Gasteiger partial charge on any atom is -0.488 e. The van der Waals surface area contributed by atoms with Crippen LogP contribution >= 0.6 is 11.3 Å². The molecule has 1 aromatic carbocycles. The van der Waals surface area contributed by atoms with Crippen molar-refractivity contribution in [1.29, 1.82) is 0 Å². The van der Waals surface area contributed by atoms with Crippen molar-refractivity contribution in [2.24, 2.45) is 0 Å². The minimum absolute atomic E-state index is 0.0250. The number of nitrogens with zero attached hydrogens (tertiary/aromatic N) is 3. The fourth-order valence-corrected chi connectivity index (χ4v) is 4.77. The van der Waals surface area contributed by atoms with Gasteiger partial charge in [-0.05, 0) is 64.1 Å². The van der Waals surface area contributed by atoms with Crippen LogP contribution < -0.4 is 4.74 Å². The Balaban J connectivity index is 1.67. The maximum Gasteiger partial charge on any atom is 0.263 e. The van der Waals surface area contributed by atoms with E-state index in [1.165, 1.54) is 16.9 Å². The quantitative estimate of drug-likeness (QED) is 0.512. The van der Waals surface area contributed by atoms with Crippen molar-refractivity contribution in [2.75, 3.05) is 7.05 Å². The number of aryl methyl sites for hydroxylation is 5. The number of hydrogen-bond donors (Lipinski definition) is 0. The number of amides is 1. The Hall–Kier alpha value is -2.60. The number of rotatable bonds is 7. The average molecular weight is 426 g/mol. The number of hydrogen-bond acceptors (Lipinski definition) is 4. The molecular weight excluding hydrogens is 394 g/mol. The van der Waals surface area contributed by atoms with E-state index in [4.69, 9.17) is 4.74 Å². The Morgan fingerprint density at radius 2 is 1.80 bits per heavy atom. The molecule has 0 spiro atoms. The highest BCUT2D eigenvalue weighted by Gasteiger charge is 2.19. The molecule has 30 heavy (non-hydrogen) atoms. The highest BCUT2D eigenvalue weighted by molar-refractivity contribution is 7.12. The van der Waals surface area contributed by atoms with Crippen LogP contribution in [0.1, 0.15) is 55.8 Å². The largest absolute Gasteiger partial charge is 0.488 e. The first kappa shape index (κ1) is 22.1. The molecular formula is C24H31N3O2S. The fraction of sp³-hybridized carbons (Fsp3) is 0.417. The van der Waals surface area contributed by atoms with Crippen molar-refractivity contribution in [3.05, 3.63) is 67.7 Å². The van der Waals surface area contributed by atoms with Crippen LogP contribution in [0.25, 0.3) is 0 Å². The number of ether oxygens (including phenoxy) is 1. The fourth-order valence-electron chi connectivity index (χ4n) is 3.88. The molecule has 0 radical (unpaired) electrons. The third-order valence-electron chi connectivity index (χ3n) is 5.43. The van der Waals surface area contributed by atoms with E-state index in [1.807, 2.05) is 30.1 Å². The Morgan fingerprint density at radius 3 is 2.40 bits per heavy atom. The van der Waals surface area contributed by atoms with E-state index in [-0.39, 0.29) is 5.91 Å². The van der Waals surface area contributed by atoms with Crippen molar-refractivity contribution in [3.63, 3.8) is 0 Å². The second kappa shape index (κ2) is 9.04. The standard InChI is InChI=1S/C24H31N3O2S/c1-8-27-19(6)21(18(5)25-27)12-26(7)24(28)22-11-20(14-30-22)13-29-23-16(3)9-15(2)10-17(23)4/h9-11,14H,8,12-13H2,1-7H3. The summed E-state index contributed by atoms with van der Waals surface area (Å²) in [4.78, 5) is 15.4. The van der Waals surface area contributed by atoms with E-state index < -0.39 is 0 Å². The van der Waals surface area contributed by atoms with Gasteiger partial charge in [-0.2, -0.15) is 5.10 Å². The summed E-state index contributed by atoms with van der Waals surface area (Å²) in [6.07, 6.45) is 0. The van der Waals surface area contributed by atoms with Gasteiger partial charge in [0.25, 0.3) is 5.91 Å². The second-order valence-corrected chi connectivity index (χ2v) is 8.87. The molecule has 0 aliphatic rings. The lowest BCUT2D eigenvalue weighted by Crippen LogP contribution is -2.26. The molecule has 0 aliphatic heterocycles. The first-order chi connectivity index (χ1) is 14.2. The smallest absolute Gasteiger partial charge is 0.263 e. The molecule has 2 heterocycles. The topological polar surface area (TPSA) is 47.4 Å². The lowest BCUT2D eigenvalue weighted by Gasteiger charge is -2.16. The van der Waals surface area contributed by atoms with Gasteiger partial charge in [0.2, 0.25) is 0 Å². The first-order valence-corrected chi connectivity index (χ1v) is 11.2. The van der Waals surface area contributed by atoms with Gasteiger partial charge in [-0.3, -0.25) is 9.48 Å². The van der Waals surface area contributed by atoms with Crippen molar-refractivity contribution < 1.29 is 9.53 Å². The van der Waals surface area contributed by atoms with Gasteiger partial charge in [0.05, 0.1) is 10.6 Å². The molecule has 1 amide bonds. The molecule has 2 aromatic heterocycles. The normalized spacial score (nSPS) is 11.0. The van der Waals surface area contributed by atoms with Gasteiger partial charge >= 0.3 is 0 Å². The molecule has 3 rings (SSSR count). The van der Waals surface area contributed by atoms with Crippen LogP contribution in [0.3, 0.4) is 0 Å². The van der Waals surface area contributed by atoms with E-state index in [0.717, 1.165) is 50.8 Å². The Bertz CT molecular complexity index is 1040. The molecule has 0 atom stereocenters. The molecule has 0 aliphatic carbocycles. The number of carbonyl (C=O) groups is 1. The second-order valence-electron chi connectivity index (χ2n) is 7.96. The molecule has 0 N–H and O–H groups in total. The van der Waals surface area contributed by atoms with Gasteiger partial charge in [0.15, 0.2) is 0 Å². The van der Waals surface area contributed by atoms with Crippen LogP contribution in [0.15, 0.2) is 23.6 Å². The maximum atomic E-state index is 12.9. The Morgan fingerprint density at radius 1 is 1.13 bits per heavy atom.